The van der Waals surface area contributed by atoms with Crippen LogP contribution >= 0.6 is 23.4 Å². The summed E-state index contributed by atoms with van der Waals surface area (Å²) < 4.78 is 20.2. The molecule has 0 radical (unpaired) electrons. The van der Waals surface area contributed by atoms with Crippen molar-refractivity contribution in [3.8, 4) is 0 Å². The number of thioether (sulfide) groups is 1. The minimum absolute atomic E-state index is 0.260. The van der Waals surface area contributed by atoms with E-state index in [1.165, 1.54) is 11.8 Å². The second kappa shape index (κ2) is 8.43. The van der Waals surface area contributed by atoms with Crippen LogP contribution in [-0.4, -0.2) is 72.5 Å². The molecular weight excluding hydrogens is 446 g/mol. The van der Waals surface area contributed by atoms with Gasteiger partial charge in [-0.15, -0.1) is 5.10 Å². The number of rotatable bonds is 7. The lowest BCUT2D eigenvalue weighted by atomic mass is 10.2. The van der Waals surface area contributed by atoms with E-state index in [1.54, 1.807) is 4.68 Å². The Morgan fingerprint density at radius 2 is 2.10 bits per heavy atom. The van der Waals surface area contributed by atoms with Crippen molar-refractivity contribution in [1.29, 1.82) is 0 Å². The lowest BCUT2D eigenvalue weighted by molar-refractivity contribution is -0.191. The first-order valence-corrected chi connectivity index (χ1v) is 12.0. The maximum Gasteiger partial charge on any atom is 0.329 e. The number of carbonyl (C=O) groups is 1. The number of carboxylic acid groups (broad SMARTS) is 1. The van der Waals surface area contributed by atoms with E-state index in [0.717, 1.165) is 37.9 Å². The zero-order valence-corrected chi connectivity index (χ0v) is 18.6. The Hall–Kier alpha value is -1.53. The molecule has 12 heteroatoms. The first-order valence-electron chi connectivity index (χ1n) is 10.6. The Bertz CT molecular complexity index is 984. The first kappa shape index (κ1) is 21.3. The molecule has 3 aliphatic rings. The molecule has 168 valence electrons. The predicted octanol–water partition coefficient (Wildman–Crippen LogP) is 2.85. The second-order valence-electron chi connectivity index (χ2n) is 8.18. The molecule has 0 aromatic carbocycles. The summed E-state index contributed by atoms with van der Waals surface area (Å²) >= 11 is 7.89. The molecule has 1 saturated heterocycles. The van der Waals surface area contributed by atoms with Gasteiger partial charge < -0.3 is 19.3 Å². The van der Waals surface area contributed by atoms with Gasteiger partial charge in [0.1, 0.15) is 18.8 Å². The summed E-state index contributed by atoms with van der Waals surface area (Å²) in [7, 11) is 0. The molecule has 2 aromatic heterocycles. The highest BCUT2D eigenvalue weighted by Crippen LogP contribution is 2.50. The molecule has 5 rings (SSSR count). The Morgan fingerprint density at radius 1 is 1.32 bits per heavy atom. The van der Waals surface area contributed by atoms with Crippen molar-refractivity contribution in [2.45, 2.75) is 80.7 Å². The van der Waals surface area contributed by atoms with Crippen LogP contribution in [0, 0.1) is 0 Å². The molecule has 4 unspecified atom stereocenters. The highest BCUT2D eigenvalue weighted by Gasteiger charge is 2.59. The van der Waals surface area contributed by atoms with Crippen molar-refractivity contribution in [3.63, 3.8) is 0 Å². The van der Waals surface area contributed by atoms with Crippen molar-refractivity contribution in [2.75, 3.05) is 12.4 Å². The normalized spacial score (nSPS) is 29.2. The summed E-state index contributed by atoms with van der Waals surface area (Å²) in [6, 6.07) is -0.260. The third kappa shape index (κ3) is 3.91. The maximum absolute atomic E-state index is 11.1. The average Bonchev–Trinajstić information content (AvgIpc) is 3.50. The monoisotopic (exact) mass is 469 g/mol. The lowest BCUT2D eigenvalue weighted by Crippen LogP contribution is -2.33. The number of nitrogens with zero attached hydrogens (tertiary/aromatic N) is 5. The molecule has 1 N–H and O–H groups in total. The van der Waals surface area contributed by atoms with Crippen molar-refractivity contribution < 1.29 is 24.1 Å². The summed E-state index contributed by atoms with van der Waals surface area (Å²) in [5.41, 5.74) is 0.973. The lowest BCUT2D eigenvalue weighted by Gasteiger charge is -2.26. The fourth-order valence-corrected chi connectivity index (χ4v) is 5.68. The predicted molar refractivity (Wildman–Crippen MR) is 111 cm³/mol. The van der Waals surface area contributed by atoms with Crippen LogP contribution in [-0.2, 0) is 19.0 Å². The molecule has 3 fully saturated rings. The Kier molecular flexibility index (Phi) is 5.80. The number of ether oxygens (including phenoxy) is 3. The fourth-order valence-electron chi connectivity index (χ4n) is 4.74. The number of hydrogen-bond acceptors (Lipinski definition) is 9. The Morgan fingerprint density at radius 3 is 2.84 bits per heavy atom. The van der Waals surface area contributed by atoms with Gasteiger partial charge >= 0.3 is 5.97 Å². The molecule has 2 saturated carbocycles. The van der Waals surface area contributed by atoms with Crippen LogP contribution in [0.25, 0.3) is 11.2 Å². The van der Waals surface area contributed by atoms with Crippen LogP contribution in [0.1, 0.15) is 51.5 Å². The van der Waals surface area contributed by atoms with Gasteiger partial charge in [0.05, 0.1) is 12.1 Å². The fraction of sp³-hybridized carbons (Fsp3) is 0.737. The summed E-state index contributed by atoms with van der Waals surface area (Å²) in [6.07, 6.45) is 4.08. The number of fused-ring (bicyclic) bond motifs is 2. The number of aliphatic carboxylic acids is 1. The molecule has 10 nitrogen and oxygen atoms in total. The highest BCUT2D eigenvalue weighted by atomic mass is 35.5. The van der Waals surface area contributed by atoms with E-state index in [0.29, 0.717) is 22.7 Å². The topological polar surface area (TPSA) is 121 Å². The van der Waals surface area contributed by atoms with E-state index in [1.807, 2.05) is 0 Å². The Balaban J connectivity index is 1.49. The second-order valence-corrected chi connectivity index (χ2v) is 9.60. The van der Waals surface area contributed by atoms with Gasteiger partial charge in [-0.3, -0.25) is 0 Å². The quantitative estimate of drug-likeness (QED) is 0.368. The van der Waals surface area contributed by atoms with Crippen LogP contribution < -0.4 is 0 Å². The summed E-state index contributed by atoms with van der Waals surface area (Å²) in [5, 5.41) is 18.5. The van der Waals surface area contributed by atoms with E-state index in [2.05, 4.69) is 27.2 Å². The van der Waals surface area contributed by atoms with Gasteiger partial charge in [0.15, 0.2) is 27.3 Å². The van der Waals surface area contributed by atoms with Crippen molar-refractivity contribution in [3.05, 3.63) is 5.15 Å². The zero-order chi connectivity index (χ0) is 21.6. The van der Waals surface area contributed by atoms with Gasteiger partial charge in [-0.2, -0.15) is 0 Å². The van der Waals surface area contributed by atoms with E-state index in [-0.39, 0.29) is 30.0 Å². The van der Waals surface area contributed by atoms with Crippen LogP contribution in [0.3, 0.4) is 0 Å². The van der Waals surface area contributed by atoms with Crippen molar-refractivity contribution in [2.24, 2.45) is 0 Å². The SMILES string of the molecule is CCCSc1nc(Cl)c2nnn(C3CC(OCC(=O)O)C4OC5(CCCC5)OC43)c2n1. The van der Waals surface area contributed by atoms with Crippen molar-refractivity contribution >= 4 is 40.5 Å². The molecule has 0 amide bonds. The summed E-state index contributed by atoms with van der Waals surface area (Å²) in [6.45, 7) is 1.70. The smallest absolute Gasteiger partial charge is 0.329 e. The van der Waals surface area contributed by atoms with E-state index >= 15 is 0 Å². The van der Waals surface area contributed by atoms with Gasteiger partial charge in [-0.05, 0) is 19.3 Å². The summed E-state index contributed by atoms with van der Waals surface area (Å²) in [4.78, 5) is 20.1. The largest absolute Gasteiger partial charge is 0.480 e. The zero-order valence-electron chi connectivity index (χ0n) is 17.1. The minimum Gasteiger partial charge on any atom is -0.480 e. The van der Waals surface area contributed by atoms with E-state index in [9.17, 15) is 4.79 Å². The maximum atomic E-state index is 11.1. The van der Waals surface area contributed by atoms with Gasteiger partial charge in [0.2, 0.25) is 0 Å². The molecule has 2 aromatic rings. The molecule has 4 atom stereocenters. The molecule has 1 aliphatic heterocycles. The van der Waals surface area contributed by atoms with Gasteiger partial charge in [-0.1, -0.05) is 35.5 Å². The van der Waals surface area contributed by atoms with Crippen molar-refractivity contribution in [1.82, 2.24) is 25.0 Å². The highest BCUT2D eigenvalue weighted by molar-refractivity contribution is 7.99. The minimum atomic E-state index is -1.02. The van der Waals surface area contributed by atoms with Crippen LogP contribution in [0.15, 0.2) is 5.16 Å². The van der Waals surface area contributed by atoms with E-state index in [4.69, 9.17) is 30.9 Å². The van der Waals surface area contributed by atoms with Crippen LogP contribution in [0.5, 0.6) is 0 Å². The standard InChI is InChI=1S/C19H24ClN5O5S/c1-2-7-31-18-21-16(20)13-17(22-18)25(24-23-13)10-8-11(28-9-12(26)27)15-14(10)29-19(30-15)5-3-4-6-19/h10-11,14-15H,2-9H2,1H3,(H,26,27). The molecule has 31 heavy (non-hydrogen) atoms. The van der Waals surface area contributed by atoms with Gasteiger partial charge in [0, 0.05) is 25.0 Å². The van der Waals surface area contributed by atoms with Gasteiger partial charge in [-0.25, -0.2) is 19.4 Å². The van der Waals surface area contributed by atoms with E-state index < -0.39 is 17.9 Å². The summed E-state index contributed by atoms with van der Waals surface area (Å²) in [5.74, 6) is -0.760. The molecule has 2 aliphatic carbocycles. The Labute approximate surface area is 188 Å². The number of hydrogen-bond donors (Lipinski definition) is 1. The van der Waals surface area contributed by atoms with Crippen LogP contribution in [0.2, 0.25) is 5.15 Å². The molecular formula is C19H24ClN5O5S. The van der Waals surface area contributed by atoms with Crippen LogP contribution in [0.4, 0.5) is 0 Å². The third-order valence-electron chi connectivity index (χ3n) is 6.04. The molecule has 3 heterocycles. The molecule has 1 spiro atoms. The third-order valence-corrected chi connectivity index (χ3v) is 7.36. The first-order chi connectivity index (χ1) is 15.0. The molecule has 0 bridgehead atoms. The number of halogens is 1. The number of aromatic nitrogens is 5. The average molecular weight is 470 g/mol. The number of carboxylic acids is 1. The van der Waals surface area contributed by atoms with Gasteiger partial charge in [0.25, 0.3) is 0 Å².